The summed E-state index contributed by atoms with van der Waals surface area (Å²) in [6.07, 6.45) is 1.23. The molecule has 0 aliphatic heterocycles. The van der Waals surface area contributed by atoms with Crippen molar-refractivity contribution in [2.24, 2.45) is 0 Å². The van der Waals surface area contributed by atoms with Gasteiger partial charge in [-0.25, -0.2) is 0 Å². The van der Waals surface area contributed by atoms with Crippen molar-refractivity contribution in [3.05, 3.63) is 36.1 Å². The topological polar surface area (TPSA) is 82.8 Å². The number of nitrogens with one attached hydrogen (secondary N) is 1. The second-order valence-electron chi connectivity index (χ2n) is 5.93. The molecule has 0 fully saturated rings. The van der Waals surface area contributed by atoms with E-state index in [1.54, 1.807) is 11.9 Å². The van der Waals surface area contributed by atoms with Gasteiger partial charge in [0, 0.05) is 12.4 Å². The number of aliphatic carboxylic acids is 1. The third-order valence-electron chi connectivity index (χ3n) is 4.21. The van der Waals surface area contributed by atoms with E-state index in [9.17, 15) is 9.59 Å². The van der Waals surface area contributed by atoms with Gasteiger partial charge in [0.2, 0.25) is 5.91 Å². The van der Waals surface area contributed by atoms with E-state index in [4.69, 9.17) is 9.52 Å². The van der Waals surface area contributed by atoms with Crippen molar-refractivity contribution < 1.29 is 19.1 Å². The van der Waals surface area contributed by atoms with Crippen LogP contribution in [0.3, 0.4) is 0 Å². The van der Waals surface area contributed by atoms with E-state index >= 15 is 0 Å². The molecule has 1 aromatic heterocycles. The molecular formula is C18H24N2O4. The maximum Gasteiger partial charge on any atom is 0.320 e. The van der Waals surface area contributed by atoms with Crippen molar-refractivity contribution in [2.75, 3.05) is 13.6 Å². The molecule has 6 nitrogen and oxygen atoms in total. The normalized spacial score (nSPS) is 13.6. The Kier molecular flexibility index (Phi) is 5.98. The number of carboxylic acids is 1. The molecule has 2 N–H and O–H groups in total. The van der Waals surface area contributed by atoms with Gasteiger partial charge in [-0.2, -0.15) is 0 Å². The van der Waals surface area contributed by atoms with Gasteiger partial charge in [0.15, 0.2) is 0 Å². The largest absolute Gasteiger partial charge is 0.480 e. The van der Waals surface area contributed by atoms with Gasteiger partial charge in [-0.3, -0.25) is 14.9 Å². The number of para-hydroxylation sites is 1. The van der Waals surface area contributed by atoms with Crippen molar-refractivity contribution in [1.29, 1.82) is 0 Å². The van der Waals surface area contributed by atoms with Crippen molar-refractivity contribution in [1.82, 2.24) is 10.2 Å². The summed E-state index contributed by atoms with van der Waals surface area (Å²) in [7, 11) is 1.69. The summed E-state index contributed by atoms with van der Waals surface area (Å²) in [5.74, 6) is -0.404. The first-order valence-electron chi connectivity index (χ1n) is 8.14. The van der Waals surface area contributed by atoms with Crippen LogP contribution in [0.4, 0.5) is 0 Å². The number of amides is 1. The van der Waals surface area contributed by atoms with E-state index in [1.807, 2.05) is 44.2 Å². The van der Waals surface area contributed by atoms with Crippen LogP contribution < -0.4 is 5.32 Å². The SMILES string of the molecule is CCCC(NCC(=O)N(C)C(C)c1cc2ccccc2o1)C(=O)O. The molecule has 1 heterocycles. The smallest absolute Gasteiger partial charge is 0.320 e. The maximum absolute atomic E-state index is 12.3. The minimum absolute atomic E-state index is 0.0158. The highest BCUT2D eigenvalue weighted by atomic mass is 16.4. The first-order chi connectivity index (χ1) is 11.4. The van der Waals surface area contributed by atoms with Crippen molar-refractivity contribution in [2.45, 2.75) is 38.8 Å². The van der Waals surface area contributed by atoms with Crippen LogP contribution in [0, 0.1) is 0 Å². The summed E-state index contributed by atoms with van der Waals surface area (Å²) in [5, 5.41) is 12.9. The summed E-state index contributed by atoms with van der Waals surface area (Å²) in [5.41, 5.74) is 0.784. The Morgan fingerprint density at radius 1 is 1.33 bits per heavy atom. The fourth-order valence-electron chi connectivity index (χ4n) is 2.55. The number of hydrogen-bond donors (Lipinski definition) is 2. The average molecular weight is 332 g/mol. The molecule has 24 heavy (non-hydrogen) atoms. The molecule has 0 saturated carbocycles. The van der Waals surface area contributed by atoms with Crippen LogP contribution in [0.1, 0.15) is 38.5 Å². The molecule has 2 unspecified atom stereocenters. The Labute approximate surface area is 141 Å². The Hall–Kier alpha value is -2.34. The van der Waals surface area contributed by atoms with Gasteiger partial charge >= 0.3 is 5.97 Å². The quantitative estimate of drug-likeness (QED) is 0.777. The number of rotatable bonds is 8. The number of nitrogens with zero attached hydrogens (tertiary/aromatic N) is 1. The summed E-state index contributed by atoms with van der Waals surface area (Å²) >= 11 is 0. The van der Waals surface area contributed by atoms with Crippen molar-refractivity contribution in [3.63, 3.8) is 0 Å². The molecule has 0 aliphatic rings. The van der Waals surface area contributed by atoms with E-state index in [-0.39, 0.29) is 18.5 Å². The molecule has 1 aromatic carbocycles. The number of furan rings is 1. The van der Waals surface area contributed by atoms with Gasteiger partial charge in [0.25, 0.3) is 0 Å². The molecule has 0 bridgehead atoms. The monoisotopic (exact) mass is 332 g/mol. The Balaban J connectivity index is 2.00. The predicted molar refractivity (Wildman–Crippen MR) is 91.7 cm³/mol. The lowest BCUT2D eigenvalue weighted by Crippen LogP contribution is -2.44. The first-order valence-corrected chi connectivity index (χ1v) is 8.14. The number of benzene rings is 1. The third-order valence-corrected chi connectivity index (χ3v) is 4.21. The number of likely N-dealkylation sites (N-methyl/N-ethyl adjacent to an activating group) is 1. The molecule has 2 aromatic rings. The van der Waals surface area contributed by atoms with E-state index in [0.717, 1.165) is 17.4 Å². The van der Waals surface area contributed by atoms with E-state index in [1.165, 1.54) is 0 Å². The fourth-order valence-corrected chi connectivity index (χ4v) is 2.55. The second-order valence-corrected chi connectivity index (χ2v) is 5.93. The van der Waals surface area contributed by atoms with Gasteiger partial charge in [0.05, 0.1) is 12.6 Å². The molecule has 0 spiro atoms. The molecule has 1 amide bonds. The van der Waals surface area contributed by atoms with Gasteiger partial charge in [-0.15, -0.1) is 0 Å². The summed E-state index contributed by atoms with van der Waals surface area (Å²) < 4.78 is 5.80. The summed E-state index contributed by atoms with van der Waals surface area (Å²) in [6, 6.07) is 8.67. The van der Waals surface area contributed by atoms with Gasteiger partial charge in [-0.05, 0) is 25.5 Å². The number of carbonyl (C=O) groups is 2. The zero-order valence-electron chi connectivity index (χ0n) is 14.3. The standard InChI is InChI=1S/C18H24N2O4/c1-4-7-14(18(22)23)19-11-17(21)20(3)12(2)16-10-13-8-5-6-9-15(13)24-16/h5-6,8-10,12,14,19H,4,7,11H2,1-3H3,(H,22,23). The molecule has 2 rings (SSSR count). The molecule has 0 radical (unpaired) electrons. The average Bonchev–Trinajstić information content (AvgIpc) is 3.00. The molecule has 130 valence electrons. The minimum atomic E-state index is -0.933. The highest BCUT2D eigenvalue weighted by Gasteiger charge is 2.23. The third kappa shape index (κ3) is 4.14. The zero-order valence-corrected chi connectivity index (χ0v) is 14.3. The molecule has 0 saturated heterocycles. The van der Waals surface area contributed by atoms with Crippen LogP contribution in [0.15, 0.2) is 34.7 Å². The van der Waals surface area contributed by atoms with Gasteiger partial charge in [-0.1, -0.05) is 31.5 Å². The fraction of sp³-hybridized carbons (Fsp3) is 0.444. The van der Waals surface area contributed by atoms with Crippen molar-refractivity contribution >= 4 is 22.8 Å². The van der Waals surface area contributed by atoms with Gasteiger partial charge in [0.1, 0.15) is 17.4 Å². The number of carbonyl (C=O) groups excluding carboxylic acids is 1. The van der Waals surface area contributed by atoms with Crippen LogP contribution in [-0.2, 0) is 9.59 Å². The van der Waals surface area contributed by atoms with E-state index in [2.05, 4.69) is 5.32 Å². The molecule has 0 aliphatic carbocycles. The number of fused-ring (bicyclic) bond motifs is 1. The summed E-state index contributed by atoms with van der Waals surface area (Å²) in [4.78, 5) is 25.0. The second kappa shape index (κ2) is 7.97. The van der Waals surface area contributed by atoms with Crippen LogP contribution in [0.5, 0.6) is 0 Å². The highest BCUT2D eigenvalue weighted by molar-refractivity contribution is 5.81. The lowest BCUT2D eigenvalue weighted by molar-refractivity contribution is -0.140. The lowest BCUT2D eigenvalue weighted by Gasteiger charge is -2.24. The first kappa shape index (κ1) is 18.0. The van der Waals surface area contributed by atoms with E-state index < -0.39 is 12.0 Å². The van der Waals surface area contributed by atoms with Crippen LogP contribution in [-0.4, -0.2) is 41.5 Å². The Morgan fingerprint density at radius 3 is 2.67 bits per heavy atom. The lowest BCUT2D eigenvalue weighted by atomic mass is 10.1. The Morgan fingerprint density at radius 2 is 2.04 bits per heavy atom. The number of hydrogen-bond acceptors (Lipinski definition) is 4. The van der Waals surface area contributed by atoms with Crippen molar-refractivity contribution in [3.8, 4) is 0 Å². The molecule has 2 atom stereocenters. The maximum atomic E-state index is 12.3. The predicted octanol–water partition coefficient (Wildman–Crippen LogP) is 2.80. The van der Waals surface area contributed by atoms with Crippen LogP contribution in [0.25, 0.3) is 11.0 Å². The van der Waals surface area contributed by atoms with E-state index in [0.29, 0.717) is 12.2 Å². The van der Waals surface area contributed by atoms with Gasteiger partial charge < -0.3 is 14.4 Å². The van der Waals surface area contributed by atoms with Crippen LogP contribution >= 0.6 is 0 Å². The Bertz CT molecular complexity index is 677. The molecular weight excluding hydrogens is 308 g/mol. The minimum Gasteiger partial charge on any atom is -0.480 e. The van der Waals surface area contributed by atoms with Crippen LogP contribution in [0.2, 0.25) is 0 Å². The highest BCUT2D eigenvalue weighted by Crippen LogP contribution is 2.26. The zero-order chi connectivity index (χ0) is 17.7. The number of carboxylic acid groups (broad SMARTS) is 1. The summed E-state index contributed by atoms with van der Waals surface area (Å²) in [6.45, 7) is 3.78. The molecule has 6 heteroatoms.